The Kier molecular flexibility index (Phi) is 5.29. The highest BCUT2D eigenvalue weighted by atomic mass is 16.5. The summed E-state index contributed by atoms with van der Waals surface area (Å²) in [5.41, 5.74) is 2.09. The van der Waals surface area contributed by atoms with Crippen LogP contribution in [0.3, 0.4) is 0 Å². The Morgan fingerprint density at radius 2 is 1.68 bits per heavy atom. The Bertz CT molecular complexity index is 1130. The van der Waals surface area contributed by atoms with Gasteiger partial charge in [-0.3, -0.25) is 4.79 Å². The standard InChI is InChI=1S/C22H26N6O3/c1-14-12-30-9-7-27(14)21-17-4-5-18(16-3-6-19(29)23-11-16)24-20(17)25-22(26-21)28-8-10-31-13-15(28)2/h3-6,11,14-15H,7-10,12-13H2,1-2H3,(H,23,29). The lowest BCUT2D eigenvalue weighted by Crippen LogP contribution is -2.46. The van der Waals surface area contributed by atoms with Gasteiger partial charge in [0.25, 0.3) is 0 Å². The van der Waals surface area contributed by atoms with Crippen molar-refractivity contribution >= 4 is 22.8 Å². The molecule has 2 aliphatic heterocycles. The number of hydrogen-bond donors (Lipinski definition) is 1. The second kappa shape index (κ2) is 8.24. The van der Waals surface area contributed by atoms with Crippen LogP contribution in [0.4, 0.5) is 11.8 Å². The van der Waals surface area contributed by atoms with Gasteiger partial charge in [-0.15, -0.1) is 0 Å². The van der Waals surface area contributed by atoms with Crippen molar-refractivity contribution in [3.63, 3.8) is 0 Å². The molecule has 0 amide bonds. The lowest BCUT2D eigenvalue weighted by Gasteiger charge is -2.37. The first-order valence-corrected chi connectivity index (χ1v) is 10.7. The number of morpholine rings is 2. The average Bonchev–Trinajstić information content (AvgIpc) is 2.79. The molecule has 2 unspecified atom stereocenters. The van der Waals surface area contributed by atoms with E-state index in [1.165, 1.54) is 6.07 Å². The molecule has 2 aliphatic rings. The molecule has 0 bridgehead atoms. The number of nitrogens with one attached hydrogen (secondary N) is 1. The van der Waals surface area contributed by atoms with Crippen LogP contribution < -0.4 is 15.4 Å². The first kappa shape index (κ1) is 19.9. The van der Waals surface area contributed by atoms with Crippen LogP contribution >= 0.6 is 0 Å². The molecule has 0 saturated carbocycles. The van der Waals surface area contributed by atoms with Gasteiger partial charge in [-0.05, 0) is 32.0 Å². The average molecular weight is 422 g/mol. The topological polar surface area (TPSA) is 96.5 Å². The largest absolute Gasteiger partial charge is 0.377 e. The van der Waals surface area contributed by atoms with Crippen LogP contribution in [-0.2, 0) is 9.47 Å². The monoisotopic (exact) mass is 422 g/mol. The van der Waals surface area contributed by atoms with E-state index in [9.17, 15) is 4.79 Å². The molecule has 5 rings (SSSR count). The van der Waals surface area contributed by atoms with E-state index in [2.05, 4.69) is 28.6 Å². The lowest BCUT2D eigenvalue weighted by atomic mass is 10.1. The number of fused-ring (bicyclic) bond motifs is 1. The van der Waals surface area contributed by atoms with E-state index < -0.39 is 0 Å². The summed E-state index contributed by atoms with van der Waals surface area (Å²) in [6.45, 7) is 8.41. The zero-order valence-electron chi connectivity index (χ0n) is 17.7. The summed E-state index contributed by atoms with van der Waals surface area (Å²) in [6.07, 6.45) is 1.67. The van der Waals surface area contributed by atoms with Crippen LogP contribution in [-0.4, -0.2) is 71.5 Å². The molecule has 1 N–H and O–H groups in total. The molecule has 9 heteroatoms. The van der Waals surface area contributed by atoms with E-state index in [1.807, 2.05) is 12.1 Å². The lowest BCUT2D eigenvalue weighted by molar-refractivity contribution is 0.0973. The molecule has 0 spiro atoms. The smallest absolute Gasteiger partial charge is 0.247 e. The molecular formula is C22H26N6O3. The summed E-state index contributed by atoms with van der Waals surface area (Å²) in [6, 6.07) is 7.63. The maximum absolute atomic E-state index is 11.4. The number of aromatic nitrogens is 4. The first-order chi connectivity index (χ1) is 15.1. The van der Waals surface area contributed by atoms with Gasteiger partial charge in [0.05, 0.1) is 49.6 Å². The first-order valence-electron chi connectivity index (χ1n) is 10.7. The van der Waals surface area contributed by atoms with E-state index in [0.717, 1.165) is 35.6 Å². The molecule has 0 aliphatic carbocycles. The van der Waals surface area contributed by atoms with Gasteiger partial charge in [0, 0.05) is 30.9 Å². The summed E-state index contributed by atoms with van der Waals surface area (Å²) >= 11 is 0. The zero-order chi connectivity index (χ0) is 21.4. The number of ether oxygens (including phenoxy) is 2. The third-order valence-corrected chi connectivity index (χ3v) is 5.87. The van der Waals surface area contributed by atoms with Crippen LogP contribution in [0.25, 0.3) is 22.3 Å². The molecule has 9 nitrogen and oxygen atoms in total. The molecule has 5 heterocycles. The molecule has 2 atom stereocenters. The van der Waals surface area contributed by atoms with Gasteiger partial charge < -0.3 is 24.3 Å². The molecule has 31 heavy (non-hydrogen) atoms. The van der Waals surface area contributed by atoms with E-state index in [4.69, 9.17) is 24.4 Å². The van der Waals surface area contributed by atoms with Crippen molar-refractivity contribution in [2.75, 3.05) is 49.3 Å². The molecule has 3 aromatic heterocycles. The Morgan fingerprint density at radius 3 is 2.35 bits per heavy atom. The highest BCUT2D eigenvalue weighted by molar-refractivity contribution is 5.90. The normalized spacial score (nSPS) is 22.1. The molecule has 162 valence electrons. The van der Waals surface area contributed by atoms with E-state index in [1.54, 1.807) is 12.3 Å². The second-order valence-electron chi connectivity index (χ2n) is 8.09. The van der Waals surface area contributed by atoms with Crippen molar-refractivity contribution in [1.29, 1.82) is 0 Å². The number of pyridine rings is 2. The molecule has 0 aromatic carbocycles. The molecule has 2 saturated heterocycles. The van der Waals surface area contributed by atoms with Crippen molar-refractivity contribution < 1.29 is 9.47 Å². The highest BCUT2D eigenvalue weighted by Crippen LogP contribution is 2.31. The van der Waals surface area contributed by atoms with Crippen molar-refractivity contribution in [1.82, 2.24) is 19.9 Å². The van der Waals surface area contributed by atoms with Crippen molar-refractivity contribution in [3.8, 4) is 11.3 Å². The van der Waals surface area contributed by atoms with E-state index >= 15 is 0 Å². The number of H-pyrrole nitrogens is 1. The minimum atomic E-state index is -0.140. The maximum atomic E-state index is 11.4. The predicted molar refractivity (Wildman–Crippen MR) is 119 cm³/mol. The summed E-state index contributed by atoms with van der Waals surface area (Å²) in [7, 11) is 0. The predicted octanol–water partition coefficient (Wildman–Crippen LogP) is 1.83. The van der Waals surface area contributed by atoms with Gasteiger partial charge >= 0.3 is 0 Å². The maximum Gasteiger partial charge on any atom is 0.247 e. The van der Waals surface area contributed by atoms with Gasteiger partial charge in [0.2, 0.25) is 11.5 Å². The van der Waals surface area contributed by atoms with Crippen molar-refractivity contribution in [3.05, 3.63) is 40.8 Å². The minimum absolute atomic E-state index is 0.140. The van der Waals surface area contributed by atoms with Gasteiger partial charge in [0.15, 0.2) is 5.65 Å². The summed E-state index contributed by atoms with van der Waals surface area (Å²) in [5.74, 6) is 1.55. The van der Waals surface area contributed by atoms with Gasteiger partial charge in [-0.1, -0.05) is 0 Å². The molecular weight excluding hydrogens is 396 g/mol. The third kappa shape index (κ3) is 3.86. The third-order valence-electron chi connectivity index (χ3n) is 5.87. The SMILES string of the molecule is CC1COCCN1c1nc(N2CCOCC2C)c2ccc(-c3ccc(=O)[nH]c3)nc2n1. The van der Waals surface area contributed by atoms with Gasteiger partial charge in [0.1, 0.15) is 5.82 Å². The van der Waals surface area contributed by atoms with E-state index in [-0.39, 0.29) is 17.6 Å². The van der Waals surface area contributed by atoms with Crippen LogP contribution in [0.15, 0.2) is 35.3 Å². The van der Waals surface area contributed by atoms with Crippen LogP contribution in [0.2, 0.25) is 0 Å². The number of hydrogen-bond acceptors (Lipinski definition) is 8. The Labute approximate surface area is 180 Å². The quantitative estimate of drug-likeness (QED) is 0.683. The number of nitrogens with zero attached hydrogens (tertiary/aromatic N) is 5. The highest BCUT2D eigenvalue weighted by Gasteiger charge is 2.27. The fourth-order valence-corrected chi connectivity index (χ4v) is 4.13. The minimum Gasteiger partial charge on any atom is -0.377 e. The van der Waals surface area contributed by atoms with Crippen LogP contribution in [0, 0.1) is 0 Å². The Balaban J connectivity index is 1.65. The zero-order valence-corrected chi connectivity index (χ0v) is 17.7. The Morgan fingerprint density at radius 1 is 0.935 bits per heavy atom. The van der Waals surface area contributed by atoms with E-state index in [0.29, 0.717) is 38.0 Å². The number of anilines is 2. The van der Waals surface area contributed by atoms with Crippen molar-refractivity contribution in [2.45, 2.75) is 25.9 Å². The fraction of sp³-hybridized carbons (Fsp3) is 0.455. The second-order valence-corrected chi connectivity index (χ2v) is 8.09. The summed E-state index contributed by atoms with van der Waals surface area (Å²) < 4.78 is 11.2. The molecule has 0 radical (unpaired) electrons. The summed E-state index contributed by atoms with van der Waals surface area (Å²) in [5, 5.41) is 0.909. The molecule has 3 aromatic rings. The summed E-state index contributed by atoms with van der Waals surface area (Å²) in [4.78, 5) is 33.3. The number of rotatable bonds is 3. The van der Waals surface area contributed by atoms with Crippen LogP contribution in [0.5, 0.6) is 0 Å². The van der Waals surface area contributed by atoms with Gasteiger partial charge in [-0.2, -0.15) is 9.97 Å². The van der Waals surface area contributed by atoms with Crippen LogP contribution in [0.1, 0.15) is 13.8 Å². The van der Waals surface area contributed by atoms with Crippen molar-refractivity contribution in [2.24, 2.45) is 0 Å². The Hall–Kier alpha value is -3.04. The fourth-order valence-electron chi connectivity index (χ4n) is 4.13. The number of aromatic amines is 1. The van der Waals surface area contributed by atoms with Gasteiger partial charge in [-0.25, -0.2) is 4.98 Å². The molecule has 2 fully saturated rings.